The fourth-order valence-corrected chi connectivity index (χ4v) is 3.44. The molecule has 1 aromatic heterocycles. The Labute approximate surface area is 154 Å². The van der Waals surface area contributed by atoms with E-state index in [1.807, 2.05) is 30.3 Å². The largest absolute Gasteiger partial charge is 0.366 e. The van der Waals surface area contributed by atoms with E-state index in [1.54, 1.807) is 0 Å². The molecule has 1 atom stereocenters. The molecule has 0 spiro atoms. The molecule has 0 fully saturated rings. The van der Waals surface area contributed by atoms with E-state index in [0.29, 0.717) is 12.6 Å². The van der Waals surface area contributed by atoms with Crippen molar-refractivity contribution in [1.29, 1.82) is 0 Å². The minimum atomic E-state index is 0.325. The van der Waals surface area contributed by atoms with Gasteiger partial charge < -0.3 is 10.2 Å². The van der Waals surface area contributed by atoms with Crippen LogP contribution in [0.2, 0.25) is 0 Å². The molecule has 1 unspecified atom stereocenters. The monoisotopic (exact) mass is 342 g/mol. The van der Waals surface area contributed by atoms with Crippen LogP contribution in [0.4, 0.5) is 17.5 Å². The molecular formula is C22H22N4. The first-order valence-electron chi connectivity index (χ1n) is 8.92. The smallest absolute Gasteiger partial charge is 0.232 e. The number of anilines is 3. The van der Waals surface area contributed by atoms with Gasteiger partial charge in [-0.2, -0.15) is 4.98 Å². The number of aromatic nitrogens is 2. The van der Waals surface area contributed by atoms with Crippen LogP contribution in [0.1, 0.15) is 12.5 Å². The summed E-state index contributed by atoms with van der Waals surface area (Å²) >= 11 is 0. The van der Waals surface area contributed by atoms with Gasteiger partial charge in [-0.15, -0.1) is 6.58 Å². The molecule has 0 saturated carbocycles. The number of rotatable bonds is 5. The lowest BCUT2D eigenvalue weighted by Crippen LogP contribution is -2.26. The maximum Gasteiger partial charge on any atom is 0.232 e. The van der Waals surface area contributed by atoms with Crippen molar-refractivity contribution in [2.24, 2.45) is 0 Å². The Morgan fingerprint density at radius 2 is 1.88 bits per heavy atom. The highest BCUT2D eigenvalue weighted by Gasteiger charge is 2.29. The van der Waals surface area contributed by atoms with Crippen molar-refractivity contribution in [3.8, 4) is 11.3 Å². The fourth-order valence-electron chi connectivity index (χ4n) is 3.44. The van der Waals surface area contributed by atoms with Gasteiger partial charge in [0.05, 0.1) is 5.69 Å². The summed E-state index contributed by atoms with van der Waals surface area (Å²) in [5.41, 5.74) is 4.53. The maximum atomic E-state index is 4.89. The van der Waals surface area contributed by atoms with E-state index in [-0.39, 0.29) is 0 Å². The van der Waals surface area contributed by atoms with Gasteiger partial charge in [-0.05, 0) is 25.0 Å². The lowest BCUT2D eigenvalue weighted by atomic mass is 10.1. The van der Waals surface area contributed by atoms with E-state index in [1.165, 1.54) is 11.3 Å². The molecule has 1 N–H and O–H groups in total. The fraction of sp³-hybridized carbons (Fsp3) is 0.182. The first kappa shape index (κ1) is 16.3. The third-order valence-corrected chi connectivity index (χ3v) is 4.63. The number of nitrogens with one attached hydrogen (secondary N) is 1. The van der Waals surface area contributed by atoms with Crippen molar-refractivity contribution < 1.29 is 0 Å². The Balaban J connectivity index is 1.81. The average molecular weight is 342 g/mol. The molecule has 0 bridgehead atoms. The van der Waals surface area contributed by atoms with Crippen LogP contribution >= 0.6 is 0 Å². The Morgan fingerprint density at radius 3 is 2.69 bits per heavy atom. The third-order valence-electron chi connectivity index (χ3n) is 4.63. The molecule has 1 aliphatic heterocycles. The topological polar surface area (TPSA) is 41.1 Å². The highest BCUT2D eigenvalue weighted by atomic mass is 15.3. The van der Waals surface area contributed by atoms with Crippen molar-refractivity contribution >= 4 is 17.5 Å². The average Bonchev–Trinajstić information content (AvgIpc) is 3.02. The number of fused-ring (bicyclic) bond motifs is 1. The van der Waals surface area contributed by atoms with Crippen LogP contribution in [0.3, 0.4) is 0 Å². The van der Waals surface area contributed by atoms with Gasteiger partial charge in [-0.1, -0.05) is 54.6 Å². The maximum absolute atomic E-state index is 4.89. The van der Waals surface area contributed by atoms with Crippen LogP contribution in [0.5, 0.6) is 0 Å². The molecule has 0 radical (unpaired) electrons. The zero-order valence-corrected chi connectivity index (χ0v) is 14.9. The standard InChI is InChI=1S/C22H22N4/c1-3-13-23-21-15-19(17-9-5-4-6-10-17)24-22(25-21)26-16(2)14-18-11-7-8-12-20(18)26/h3-12,15-16H,1,13-14H2,2H3,(H,23,24,25). The van der Waals surface area contributed by atoms with E-state index in [2.05, 4.69) is 60.1 Å². The van der Waals surface area contributed by atoms with Crippen LogP contribution in [0.25, 0.3) is 11.3 Å². The molecular weight excluding hydrogens is 320 g/mol. The number of benzene rings is 2. The normalized spacial score (nSPS) is 15.6. The highest BCUT2D eigenvalue weighted by molar-refractivity contribution is 5.71. The summed E-state index contributed by atoms with van der Waals surface area (Å²) in [4.78, 5) is 11.9. The van der Waals surface area contributed by atoms with Crippen molar-refractivity contribution in [3.05, 3.63) is 78.9 Å². The van der Waals surface area contributed by atoms with Crippen molar-refractivity contribution in [2.75, 3.05) is 16.8 Å². The minimum Gasteiger partial charge on any atom is -0.366 e. The Hall–Kier alpha value is -3.14. The number of hydrogen-bond acceptors (Lipinski definition) is 4. The van der Waals surface area contributed by atoms with Crippen LogP contribution in [-0.4, -0.2) is 22.6 Å². The van der Waals surface area contributed by atoms with Gasteiger partial charge in [-0.3, -0.25) is 0 Å². The zero-order valence-electron chi connectivity index (χ0n) is 14.9. The summed E-state index contributed by atoms with van der Waals surface area (Å²) in [6, 6.07) is 21.0. The number of hydrogen-bond donors (Lipinski definition) is 1. The van der Waals surface area contributed by atoms with E-state index in [0.717, 1.165) is 29.4 Å². The summed E-state index contributed by atoms with van der Waals surface area (Å²) in [5.74, 6) is 1.54. The van der Waals surface area contributed by atoms with Gasteiger partial charge in [0.25, 0.3) is 0 Å². The molecule has 1 aliphatic rings. The van der Waals surface area contributed by atoms with Gasteiger partial charge in [0.15, 0.2) is 0 Å². The van der Waals surface area contributed by atoms with E-state index < -0.39 is 0 Å². The first-order valence-corrected chi connectivity index (χ1v) is 8.92. The van der Waals surface area contributed by atoms with Crippen LogP contribution < -0.4 is 10.2 Å². The molecule has 130 valence electrons. The number of para-hydroxylation sites is 1. The predicted octanol–water partition coefficient (Wildman–Crippen LogP) is 4.82. The van der Waals surface area contributed by atoms with Gasteiger partial charge >= 0.3 is 0 Å². The third kappa shape index (κ3) is 3.06. The summed E-state index contributed by atoms with van der Waals surface area (Å²) in [7, 11) is 0. The quantitative estimate of drug-likeness (QED) is 0.675. The first-order chi connectivity index (χ1) is 12.8. The SMILES string of the molecule is C=CCNc1cc(-c2ccccc2)nc(N2c3ccccc3CC2C)n1. The highest BCUT2D eigenvalue weighted by Crippen LogP contribution is 2.37. The zero-order chi connectivity index (χ0) is 17.9. The van der Waals surface area contributed by atoms with Crippen molar-refractivity contribution in [1.82, 2.24) is 9.97 Å². The molecule has 4 rings (SSSR count). The van der Waals surface area contributed by atoms with Gasteiger partial charge in [0.2, 0.25) is 5.95 Å². The second-order valence-corrected chi connectivity index (χ2v) is 6.53. The Morgan fingerprint density at radius 1 is 1.12 bits per heavy atom. The van der Waals surface area contributed by atoms with E-state index in [4.69, 9.17) is 9.97 Å². The van der Waals surface area contributed by atoms with Crippen molar-refractivity contribution in [3.63, 3.8) is 0 Å². The van der Waals surface area contributed by atoms with Crippen LogP contribution in [0.15, 0.2) is 73.3 Å². The summed E-state index contributed by atoms with van der Waals surface area (Å²) in [6.07, 6.45) is 2.84. The summed E-state index contributed by atoms with van der Waals surface area (Å²) < 4.78 is 0. The summed E-state index contributed by atoms with van der Waals surface area (Å²) in [5, 5.41) is 3.31. The predicted molar refractivity (Wildman–Crippen MR) is 108 cm³/mol. The Bertz CT molecular complexity index is 920. The van der Waals surface area contributed by atoms with Gasteiger partial charge in [0, 0.05) is 29.9 Å². The minimum absolute atomic E-state index is 0.325. The lowest BCUT2D eigenvalue weighted by Gasteiger charge is -2.24. The molecule has 0 amide bonds. The van der Waals surface area contributed by atoms with Crippen LogP contribution in [-0.2, 0) is 6.42 Å². The van der Waals surface area contributed by atoms with Crippen molar-refractivity contribution in [2.45, 2.75) is 19.4 Å². The molecule has 3 aromatic rings. The van der Waals surface area contributed by atoms with Gasteiger partial charge in [-0.25, -0.2) is 4.98 Å². The lowest BCUT2D eigenvalue weighted by molar-refractivity contribution is 0.740. The molecule has 0 aliphatic carbocycles. The Kier molecular flexibility index (Phi) is 4.40. The molecule has 4 nitrogen and oxygen atoms in total. The molecule has 2 heterocycles. The molecule has 2 aromatic carbocycles. The van der Waals surface area contributed by atoms with E-state index >= 15 is 0 Å². The van der Waals surface area contributed by atoms with E-state index in [9.17, 15) is 0 Å². The second kappa shape index (κ2) is 7.00. The number of nitrogens with zero attached hydrogens (tertiary/aromatic N) is 3. The molecule has 26 heavy (non-hydrogen) atoms. The molecule has 0 saturated heterocycles. The van der Waals surface area contributed by atoms with Crippen LogP contribution in [0, 0.1) is 0 Å². The second-order valence-electron chi connectivity index (χ2n) is 6.53. The van der Waals surface area contributed by atoms with Gasteiger partial charge in [0.1, 0.15) is 5.82 Å². The summed E-state index contributed by atoms with van der Waals surface area (Å²) in [6.45, 7) is 6.66. The molecule has 4 heteroatoms.